The summed E-state index contributed by atoms with van der Waals surface area (Å²) in [4.78, 5) is 3.12. The Labute approximate surface area is 89.1 Å². The second kappa shape index (κ2) is 3.87. The van der Waals surface area contributed by atoms with E-state index in [4.69, 9.17) is 22.5 Å². The largest absolute Gasteiger partial charge is 0.397 e. The molecular weight excluding hydrogens is 252 g/mol. The number of pyridine rings is 1. The zero-order chi connectivity index (χ0) is 11.8. The van der Waals surface area contributed by atoms with Gasteiger partial charge in [0.05, 0.1) is 10.7 Å². The molecule has 84 valence electrons. The van der Waals surface area contributed by atoms with Gasteiger partial charge in [-0.2, -0.15) is 0 Å². The number of halogens is 3. The van der Waals surface area contributed by atoms with Gasteiger partial charge in [0.2, 0.25) is 0 Å². The molecule has 0 aliphatic carbocycles. The predicted molar refractivity (Wildman–Crippen MR) is 50.0 cm³/mol. The summed E-state index contributed by atoms with van der Waals surface area (Å²) in [5.41, 5.74) is 3.93. The number of anilines is 1. The Hall–Kier alpha value is -0.990. The van der Waals surface area contributed by atoms with Gasteiger partial charge in [-0.05, 0) is 6.07 Å². The molecule has 5 nitrogen and oxygen atoms in total. The van der Waals surface area contributed by atoms with Crippen LogP contribution in [0.5, 0.6) is 0 Å². The van der Waals surface area contributed by atoms with E-state index in [2.05, 4.69) is 4.98 Å². The first-order chi connectivity index (χ1) is 6.73. The number of rotatable bonds is 2. The van der Waals surface area contributed by atoms with Crippen molar-refractivity contribution in [3.8, 4) is 0 Å². The number of aromatic nitrogens is 1. The van der Waals surface area contributed by atoms with Crippen molar-refractivity contribution in [1.82, 2.24) is 4.98 Å². The van der Waals surface area contributed by atoms with E-state index in [-0.39, 0.29) is 10.7 Å². The monoisotopic (exact) mass is 257 g/mol. The lowest BCUT2D eigenvalue weighted by atomic mass is 10.3. The molecule has 0 aromatic carbocycles. The lowest BCUT2D eigenvalue weighted by Gasteiger charge is -2.07. The van der Waals surface area contributed by atoms with Crippen LogP contribution in [0.2, 0.25) is 5.02 Å². The van der Waals surface area contributed by atoms with Crippen LogP contribution in [-0.4, -0.2) is 13.4 Å². The molecular formula is C6H6ClF2N3O2S. The summed E-state index contributed by atoms with van der Waals surface area (Å²) in [6.07, 6.45) is -3.00. The van der Waals surface area contributed by atoms with E-state index in [0.717, 1.165) is 6.07 Å². The highest BCUT2D eigenvalue weighted by Gasteiger charge is 2.21. The van der Waals surface area contributed by atoms with Crippen LogP contribution in [0.3, 0.4) is 0 Å². The van der Waals surface area contributed by atoms with Gasteiger partial charge in [-0.15, -0.1) is 0 Å². The van der Waals surface area contributed by atoms with Crippen molar-refractivity contribution in [3.63, 3.8) is 0 Å². The number of sulfonamides is 1. The van der Waals surface area contributed by atoms with Gasteiger partial charge in [0.15, 0.2) is 5.03 Å². The standard InChI is InChI=1S/C6H6ClF2N3O2S/c7-2-1-3(10)4(5(8)9)12-6(2)15(11,13)14/h1,5H,10H2,(H2,11,13,14). The van der Waals surface area contributed by atoms with Gasteiger partial charge in [0, 0.05) is 0 Å². The van der Waals surface area contributed by atoms with Crippen molar-refractivity contribution in [3.05, 3.63) is 16.8 Å². The van der Waals surface area contributed by atoms with Crippen LogP contribution in [0.1, 0.15) is 12.1 Å². The van der Waals surface area contributed by atoms with E-state index < -0.39 is 27.2 Å². The molecule has 9 heteroatoms. The lowest BCUT2D eigenvalue weighted by Crippen LogP contribution is -2.16. The van der Waals surface area contributed by atoms with Gasteiger partial charge in [-0.25, -0.2) is 27.3 Å². The van der Waals surface area contributed by atoms with Gasteiger partial charge in [0.1, 0.15) is 5.69 Å². The summed E-state index contributed by atoms with van der Waals surface area (Å²) in [7, 11) is -4.24. The van der Waals surface area contributed by atoms with E-state index in [0.29, 0.717) is 0 Å². The Morgan fingerprint density at radius 1 is 1.47 bits per heavy atom. The fourth-order valence-electron chi connectivity index (χ4n) is 0.874. The molecule has 4 N–H and O–H groups in total. The maximum absolute atomic E-state index is 12.3. The summed E-state index contributed by atoms with van der Waals surface area (Å²) in [5, 5.41) is 3.52. The van der Waals surface area contributed by atoms with Gasteiger partial charge in [0.25, 0.3) is 16.4 Å². The molecule has 15 heavy (non-hydrogen) atoms. The lowest BCUT2D eigenvalue weighted by molar-refractivity contribution is 0.146. The third kappa shape index (κ3) is 2.52. The summed E-state index contributed by atoms with van der Waals surface area (Å²) in [6.45, 7) is 0. The van der Waals surface area contributed by atoms with Crippen LogP contribution in [0.15, 0.2) is 11.1 Å². The Morgan fingerprint density at radius 2 is 2.00 bits per heavy atom. The predicted octanol–water partition coefficient (Wildman–Crippen LogP) is 0.902. The van der Waals surface area contributed by atoms with Crippen molar-refractivity contribution in [2.75, 3.05) is 5.73 Å². The topological polar surface area (TPSA) is 99.1 Å². The van der Waals surface area contributed by atoms with Gasteiger partial charge in [-0.1, -0.05) is 11.6 Å². The number of primary sulfonamides is 1. The Balaban J connectivity index is 3.50. The highest BCUT2D eigenvalue weighted by molar-refractivity contribution is 7.89. The number of alkyl halides is 2. The number of hydrogen-bond donors (Lipinski definition) is 2. The van der Waals surface area contributed by atoms with Crippen LogP contribution >= 0.6 is 11.6 Å². The Morgan fingerprint density at radius 3 is 2.40 bits per heavy atom. The van der Waals surface area contributed by atoms with Crippen molar-refractivity contribution in [2.45, 2.75) is 11.5 Å². The normalized spacial score (nSPS) is 12.1. The second-order valence-corrected chi connectivity index (χ2v) is 4.48. The van der Waals surface area contributed by atoms with E-state index in [1.807, 2.05) is 0 Å². The molecule has 0 fully saturated rings. The first-order valence-corrected chi connectivity index (χ1v) is 5.42. The highest BCUT2D eigenvalue weighted by Crippen LogP contribution is 2.28. The minimum absolute atomic E-state index is 0.387. The number of nitrogens with two attached hydrogens (primary N) is 2. The molecule has 0 radical (unpaired) electrons. The molecule has 0 saturated heterocycles. The molecule has 1 aromatic rings. The van der Waals surface area contributed by atoms with Crippen LogP contribution in [0.25, 0.3) is 0 Å². The summed E-state index contributed by atoms with van der Waals surface area (Å²) in [6, 6.07) is 0.871. The van der Waals surface area contributed by atoms with Crippen LogP contribution in [-0.2, 0) is 10.0 Å². The summed E-state index contributed by atoms with van der Waals surface area (Å²) >= 11 is 5.44. The first-order valence-electron chi connectivity index (χ1n) is 3.50. The molecule has 0 unspecified atom stereocenters. The van der Waals surface area contributed by atoms with Gasteiger partial charge < -0.3 is 5.73 Å². The van der Waals surface area contributed by atoms with Crippen LogP contribution < -0.4 is 10.9 Å². The SMILES string of the molecule is Nc1cc(Cl)c(S(N)(=O)=O)nc1C(F)F. The Bertz CT molecular complexity index is 491. The fourth-order valence-corrected chi connectivity index (χ4v) is 1.91. The minimum atomic E-state index is -4.24. The van der Waals surface area contributed by atoms with Crippen LogP contribution in [0, 0.1) is 0 Å². The Kier molecular flexibility index (Phi) is 3.12. The molecule has 0 amide bonds. The number of nitrogen functional groups attached to an aromatic ring is 1. The molecule has 0 spiro atoms. The van der Waals surface area contributed by atoms with E-state index in [9.17, 15) is 17.2 Å². The average molecular weight is 258 g/mol. The molecule has 0 atom stereocenters. The maximum atomic E-state index is 12.3. The van der Waals surface area contributed by atoms with Crippen molar-refractivity contribution >= 4 is 27.3 Å². The van der Waals surface area contributed by atoms with E-state index in [1.165, 1.54) is 0 Å². The van der Waals surface area contributed by atoms with Crippen molar-refractivity contribution < 1.29 is 17.2 Å². The quantitative estimate of drug-likeness (QED) is 0.822. The van der Waals surface area contributed by atoms with Crippen molar-refractivity contribution in [1.29, 1.82) is 0 Å². The zero-order valence-corrected chi connectivity index (χ0v) is 8.69. The number of nitrogens with zero attached hydrogens (tertiary/aromatic N) is 1. The molecule has 1 rings (SSSR count). The third-order valence-corrected chi connectivity index (χ3v) is 2.73. The zero-order valence-electron chi connectivity index (χ0n) is 7.12. The minimum Gasteiger partial charge on any atom is -0.397 e. The fraction of sp³-hybridized carbons (Fsp3) is 0.167. The molecule has 0 aliphatic rings. The number of hydrogen-bond acceptors (Lipinski definition) is 4. The molecule has 0 saturated carbocycles. The smallest absolute Gasteiger partial charge is 0.282 e. The average Bonchev–Trinajstić information content (AvgIpc) is 2.00. The first kappa shape index (κ1) is 12.1. The maximum Gasteiger partial charge on any atom is 0.282 e. The van der Waals surface area contributed by atoms with Gasteiger partial charge in [-0.3, -0.25) is 0 Å². The summed E-state index contributed by atoms with van der Waals surface area (Å²) < 4.78 is 46.4. The van der Waals surface area contributed by atoms with E-state index >= 15 is 0 Å². The molecule has 0 bridgehead atoms. The second-order valence-electron chi connectivity index (χ2n) is 2.60. The molecule has 1 aromatic heterocycles. The molecule has 1 heterocycles. The van der Waals surface area contributed by atoms with Crippen LogP contribution in [0.4, 0.5) is 14.5 Å². The van der Waals surface area contributed by atoms with E-state index in [1.54, 1.807) is 0 Å². The highest BCUT2D eigenvalue weighted by atomic mass is 35.5. The third-order valence-electron chi connectivity index (χ3n) is 1.48. The molecule has 0 aliphatic heterocycles. The van der Waals surface area contributed by atoms with Gasteiger partial charge >= 0.3 is 0 Å². The summed E-state index contributed by atoms with van der Waals surface area (Å²) in [5.74, 6) is 0. The van der Waals surface area contributed by atoms with Crippen molar-refractivity contribution in [2.24, 2.45) is 5.14 Å².